The molecule has 0 radical (unpaired) electrons. The molecule has 0 bridgehead atoms. The van der Waals surface area contributed by atoms with Gasteiger partial charge in [-0.25, -0.2) is 0 Å². The molecule has 1 aliphatic heterocycles. The zero-order valence-electron chi connectivity index (χ0n) is 11.5. The van der Waals surface area contributed by atoms with Gasteiger partial charge in [0.2, 0.25) is 0 Å². The van der Waals surface area contributed by atoms with Crippen molar-refractivity contribution in [3.8, 4) is 0 Å². The van der Waals surface area contributed by atoms with Crippen molar-refractivity contribution in [2.75, 3.05) is 32.7 Å². The molecule has 4 heteroatoms. The van der Waals surface area contributed by atoms with Gasteiger partial charge in [0.1, 0.15) is 5.84 Å². The van der Waals surface area contributed by atoms with Gasteiger partial charge in [0.05, 0.1) is 0 Å². The lowest BCUT2D eigenvalue weighted by Gasteiger charge is -2.35. The molecule has 0 saturated carbocycles. The number of aromatic nitrogens is 1. The highest BCUT2D eigenvalue weighted by molar-refractivity contribution is 5.96. The van der Waals surface area contributed by atoms with Gasteiger partial charge in [0.15, 0.2) is 0 Å². The van der Waals surface area contributed by atoms with Gasteiger partial charge in [-0.1, -0.05) is 6.92 Å². The Hall–Kier alpha value is -1.42. The fourth-order valence-electron chi connectivity index (χ4n) is 2.24. The molecule has 18 heavy (non-hydrogen) atoms. The standard InChI is InChI=1S/C14H22N4/c1-4-17-5-7-18(8-6-17)14(15)13-9-11(2)12(3)16-10-13/h9-10,15H,4-8H2,1-3H3. The first kappa shape index (κ1) is 13.0. The summed E-state index contributed by atoms with van der Waals surface area (Å²) in [6, 6.07) is 2.07. The summed E-state index contributed by atoms with van der Waals surface area (Å²) in [5, 5.41) is 8.28. The lowest BCUT2D eigenvalue weighted by Crippen LogP contribution is -2.48. The highest BCUT2D eigenvalue weighted by atomic mass is 15.3. The van der Waals surface area contributed by atoms with Crippen LogP contribution in [0.5, 0.6) is 0 Å². The lowest BCUT2D eigenvalue weighted by molar-refractivity contribution is 0.189. The number of pyridine rings is 1. The summed E-state index contributed by atoms with van der Waals surface area (Å²) in [4.78, 5) is 8.92. The van der Waals surface area contributed by atoms with Crippen molar-refractivity contribution in [2.45, 2.75) is 20.8 Å². The molecule has 0 atom stereocenters. The number of rotatable bonds is 2. The summed E-state index contributed by atoms with van der Waals surface area (Å²) in [5.41, 5.74) is 3.13. The maximum atomic E-state index is 8.28. The summed E-state index contributed by atoms with van der Waals surface area (Å²) in [5.74, 6) is 0.612. The Morgan fingerprint density at radius 1 is 1.28 bits per heavy atom. The third-order valence-electron chi connectivity index (χ3n) is 3.75. The predicted octanol–water partition coefficient (Wildman–Crippen LogP) is 1.66. The van der Waals surface area contributed by atoms with E-state index in [9.17, 15) is 0 Å². The molecule has 0 amide bonds. The minimum Gasteiger partial charge on any atom is -0.354 e. The largest absolute Gasteiger partial charge is 0.354 e. The molecule has 2 rings (SSSR count). The van der Waals surface area contributed by atoms with Crippen molar-refractivity contribution in [2.24, 2.45) is 0 Å². The summed E-state index contributed by atoms with van der Waals surface area (Å²) < 4.78 is 0. The Balaban J connectivity index is 2.05. The first-order valence-electron chi connectivity index (χ1n) is 6.61. The highest BCUT2D eigenvalue weighted by Crippen LogP contribution is 2.11. The van der Waals surface area contributed by atoms with Gasteiger partial charge >= 0.3 is 0 Å². The average molecular weight is 246 g/mol. The Kier molecular flexibility index (Phi) is 3.97. The number of amidine groups is 1. The quantitative estimate of drug-likeness (QED) is 0.637. The normalized spacial score (nSPS) is 16.9. The van der Waals surface area contributed by atoms with Crippen LogP contribution >= 0.6 is 0 Å². The van der Waals surface area contributed by atoms with Gasteiger partial charge < -0.3 is 9.80 Å². The molecule has 1 N–H and O–H groups in total. The third-order valence-corrected chi connectivity index (χ3v) is 3.75. The Labute approximate surface area is 109 Å². The SMILES string of the molecule is CCN1CCN(C(=N)c2cnc(C)c(C)c2)CC1. The summed E-state index contributed by atoms with van der Waals surface area (Å²) in [6.45, 7) is 11.3. The molecular formula is C14H22N4. The van der Waals surface area contributed by atoms with Crippen LogP contribution in [0, 0.1) is 19.3 Å². The van der Waals surface area contributed by atoms with Crippen LogP contribution in [0.25, 0.3) is 0 Å². The van der Waals surface area contributed by atoms with E-state index >= 15 is 0 Å². The van der Waals surface area contributed by atoms with Gasteiger partial charge in [-0.3, -0.25) is 10.4 Å². The van der Waals surface area contributed by atoms with Crippen LogP contribution in [0.1, 0.15) is 23.7 Å². The smallest absolute Gasteiger partial charge is 0.129 e. The highest BCUT2D eigenvalue weighted by Gasteiger charge is 2.19. The van der Waals surface area contributed by atoms with Gasteiger partial charge in [-0.15, -0.1) is 0 Å². The van der Waals surface area contributed by atoms with Gasteiger partial charge in [-0.2, -0.15) is 0 Å². The minimum atomic E-state index is 0.612. The van der Waals surface area contributed by atoms with Crippen LogP contribution in [-0.4, -0.2) is 53.3 Å². The molecule has 2 heterocycles. The second kappa shape index (κ2) is 5.48. The number of piperazine rings is 1. The van der Waals surface area contributed by atoms with Crippen LogP contribution in [0.4, 0.5) is 0 Å². The van der Waals surface area contributed by atoms with E-state index in [-0.39, 0.29) is 0 Å². The molecule has 1 aromatic rings. The first-order valence-corrected chi connectivity index (χ1v) is 6.61. The van der Waals surface area contributed by atoms with Crippen LogP contribution < -0.4 is 0 Å². The lowest BCUT2D eigenvalue weighted by atomic mass is 10.1. The molecule has 1 aliphatic rings. The molecule has 1 aromatic heterocycles. The number of hydrogen-bond acceptors (Lipinski definition) is 3. The molecule has 1 saturated heterocycles. The summed E-state index contributed by atoms with van der Waals surface area (Å²) in [7, 11) is 0. The van der Waals surface area contributed by atoms with E-state index in [1.165, 1.54) is 0 Å². The molecule has 4 nitrogen and oxygen atoms in total. The van der Waals surface area contributed by atoms with E-state index in [2.05, 4.69) is 27.8 Å². The zero-order chi connectivity index (χ0) is 13.1. The molecule has 0 aliphatic carbocycles. The fourth-order valence-corrected chi connectivity index (χ4v) is 2.24. The van der Waals surface area contributed by atoms with Crippen LogP contribution in [0.15, 0.2) is 12.3 Å². The topological polar surface area (TPSA) is 43.2 Å². The fraction of sp³-hybridized carbons (Fsp3) is 0.571. The van der Waals surface area contributed by atoms with E-state index in [0.717, 1.165) is 49.5 Å². The molecule has 0 spiro atoms. The molecule has 98 valence electrons. The zero-order valence-corrected chi connectivity index (χ0v) is 11.5. The van der Waals surface area contributed by atoms with Crippen molar-refractivity contribution < 1.29 is 0 Å². The van der Waals surface area contributed by atoms with E-state index in [0.29, 0.717) is 5.84 Å². The Bertz CT molecular complexity index is 433. The maximum absolute atomic E-state index is 8.28. The minimum absolute atomic E-state index is 0.612. The van der Waals surface area contributed by atoms with E-state index in [1.807, 2.05) is 20.0 Å². The summed E-state index contributed by atoms with van der Waals surface area (Å²) >= 11 is 0. The molecule has 0 aromatic carbocycles. The van der Waals surface area contributed by atoms with Gasteiger partial charge in [0, 0.05) is 43.6 Å². The molecule has 1 fully saturated rings. The van der Waals surface area contributed by atoms with Crippen LogP contribution in [-0.2, 0) is 0 Å². The number of nitrogens with one attached hydrogen (secondary N) is 1. The van der Waals surface area contributed by atoms with Crippen molar-refractivity contribution in [3.05, 3.63) is 29.1 Å². The maximum Gasteiger partial charge on any atom is 0.129 e. The van der Waals surface area contributed by atoms with Gasteiger partial charge in [0.25, 0.3) is 0 Å². The van der Waals surface area contributed by atoms with Crippen molar-refractivity contribution in [3.63, 3.8) is 0 Å². The summed E-state index contributed by atoms with van der Waals surface area (Å²) in [6.07, 6.45) is 1.82. The number of hydrogen-bond donors (Lipinski definition) is 1. The Morgan fingerprint density at radius 3 is 2.50 bits per heavy atom. The molecule has 0 unspecified atom stereocenters. The Morgan fingerprint density at radius 2 is 1.94 bits per heavy atom. The predicted molar refractivity (Wildman–Crippen MR) is 74.2 cm³/mol. The number of likely N-dealkylation sites (N-methyl/N-ethyl adjacent to an activating group) is 1. The monoisotopic (exact) mass is 246 g/mol. The van der Waals surface area contributed by atoms with E-state index in [4.69, 9.17) is 5.41 Å². The van der Waals surface area contributed by atoms with Crippen LogP contribution in [0.2, 0.25) is 0 Å². The molecular weight excluding hydrogens is 224 g/mol. The average Bonchev–Trinajstić information content (AvgIpc) is 2.41. The second-order valence-electron chi connectivity index (χ2n) is 4.90. The van der Waals surface area contributed by atoms with Crippen molar-refractivity contribution in [1.82, 2.24) is 14.8 Å². The van der Waals surface area contributed by atoms with Crippen molar-refractivity contribution in [1.29, 1.82) is 5.41 Å². The van der Waals surface area contributed by atoms with E-state index in [1.54, 1.807) is 0 Å². The van der Waals surface area contributed by atoms with Crippen molar-refractivity contribution >= 4 is 5.84 Å². The van der Waals surface area contributed by atoms with Crippen LogP contribution in [0.3, 0.4) is 0 Å². The van der Waals surface area contributed by atoms with E-state index < -0.39 is 0 Å². The number of aryl methyl sites for hydroxylation is 2. The third kappa shape index (κ3) is 2.70. The van der Waals surface area contributed by atoms with Gasteiger partial charge in [-0.05, 0) is 32.0 Å². The first-order chi connectivity index (χ1) is 8.61. The second-order valence-corrected chi connectivity index (χ2v) is 4.90. The number of nitrogens with zero attached hydrogens (tertiary/aromatic N) is 3.